The molecule has 0 saturated heterocycles. The van der Waals surface area contributed by atoms with Gasteiger partial charge in [0, 0.05) is 23.3 Å². The maximum Gasteiger partial charge on any atom is 0.203 e. The zero-order valence-corrected chi connectivity index (χ0v) is 19.0. The van der Waals surface area contributed by atoms with Gasteiger partial charge in [-0.25, -0.2) is 0 Å². The van der Waals surface area contributed by atoms with Gasteiger partial charge in [0.15, 0.2) is 41.3 Å². The van der Waals surface area contributed by atoms with Crippen molar-refractivity contribution in [3.05, 3.63) is 59.2 Å². The number of phenolic OH excluding ortho intramolecular Hbond substituents is 4. The highest BCUT2D eigenvalue weighted by atomic mass is 16.6. The number of nitrogens with two attached hydrogens (primary N) is 1. The second-order valence-electron chi connectivity index (χ2n) is 8.61. The summed E-state index contributed by atoms with van der Waals surface area (Å²) < 4.78 is 23.0. The fourth-order valence-electron chi connectivity index (χ4n) is 4.55. The third-order valence-electron chi connectivity index (χ3n) is 6.33. The number of rotatable bonds is 4. The Morgan fingerprint density at radius 2 is 1.58 bits per heavy atom. The van der Waals surface area contributed by atoms with Crippen molar-refractivity contribution in [3.63, 3.8) is 0 Å². The molecule has 5 atom stereocenters. The van der Waals surface area contributed by atoms with Crippen molar-refractivity contribution in [3.8, 4) is 46.0 Å². The third kappa shape index (κ3) is 3.83. The summed E-state index contributed by atoms with van der Waals surface area (Å²) >= 11 is 0. The van der Waals surface area contributed by atoms with Crippen LogP contribution in [-0.4, -0.2) is 56.6 Å². The lowest BCUT2D eigenvalue weighted by Gasteiger charge is -2.37. The first kappa shape index (κ1) is 23.7. The van der Waals surface area contributed by atoms with Crippen molar-refractivity contribution in [1.82, 2.24) is 0 Å². The average Bonchev–Trinajstić information content (AvgIpc) is 2.85. The molecule has 5 rings (SSSR count). The molecule has 0 fully saturated rings. The summed E-state index contributed by atoms with van der Waals surface area (Å²) in [5.74, 6) is -0.575. The van der Waals surface area contributed by atoms with Crippen LogP contribution in [0.15, 0.2) is 42.5 Å². The van der Waals surface area contributed by atoms with Crippen molar-refractivity contribution in [1.29, 1.82) is 0 Å². The van der Waals surface area contributed by atoms with E-state index in [0.29, 0.717) is 5.56 Å². The molecule has 2 heterocycles. The topological polar surface area (TPSA) is 184 Å². The van der Waals surface area contributed by atoms with Gasteiger partial charge in [-0.3, -0.25) is 0 Å². The van der Waals surface area contributed by atoms with E-state index in [4.69, 9.17) is 24.7 Å². The molecule has 8 N–H and O–H groups in total. The number of aliphatic hydroxyl groups is 2. The number of aromatic hydroxyl groups is 4. The van der Waals surface area contributed by atoms with Crippen molar-refractivity contribution in [2.24, 2.45) is 5.73 Å². The lowest BCUT2D eigenvalue weighted by atomic mass is 9.89. The number of benzene rings is 3. The summed E-state index contributed by atoms with van der Waals surface area (Å²) in [5.41, 5.74) is 7.14. The molecule has 1 unspecified atom stereocenters. The molecule has 2 aliphatic rings. The van der Waals surface area contributed by atoms with E-state index >= 15 is 0 Å². The number of aliphatic hydroxyl groups excluding tert-OH is 2. The number of phenols is 4. The highest BCUT2D eigenvalue weighted by molar-refractivity contribution is 5.57. The van der Waals surface area contributed by atoms with E-state index in [0.717, 1.165) is 6.07 Å². The highest BCUT2D eigenvalue weighted by Gasteiger charge is 2.41. The molecule has 0 bridgehead atoms. The van der Waals surface area contributed by atoms with E-state index in [1.54, 1.807) is 12.1 Å². The molecule has 0 radical (unpaired) electrons. The van der Waals surface area contributed by atoms with E-state index in [-0.39, 0.29) is 57.1 Å². The second-order valence-corrected chi connectivity index (χ2v) is 8.61. The Morgan fingerprint density at radius 3 is 2.31 bits per heavy atom. The van der Waals surface area contributed by atoms with Crippen LogP contribution in [0, 0.1) is 0 Å². The van der Waals surface area contributed by atoms with Crippen LogP contribution in [0.4, 0.5) is 0 Å². The van der Waals surface area contributed by atoms with Crippen LogP contribution in [0.3, 0.4) is 0 Å². The van der Waals surface area contributed by atoms with Gasteiger partial charge >= 0.3 is 0 Å². The van der Waals surface area contributed by atoms with Gasteiger partial charge in [-0.2, -0.15) is 0 Å². The average molecular weight is 499 g/mol. The molecule has 0 aliphatic carbocycles. The maximum atomic E-state index is 10.9. The van der Waals surface area contributed by atoms with Crippen LogP contribution < -0.4 is 24.7 Å². The smallest absolute Gasteiger partial charge is 0.203 e. The Morgan fingerprint density at radius 1 is 0.833 bits per heavy atom. The van der Waals surface area contributed by atoms with E-state index in [9.17, 15) is 30.6 Å². The van der Waals surface area contributed by atoms with Gasteiger partial charge < -0.3 is 55.3 Å². The Balaban J connectivity index is 1.53. The summed E-state index contributed by atoms with van der Waals surface area (Å²) in [6.45, 7) is -0.433. The molecular weight excluding hydrogens is 474 g/mol. The lowest BCUT2D eigenvalue weighted by Crippen LogP contribution is -2.39. The Labute approximate surface area is 205 Å². The summed E-state index contributed by atoms with van der Waals surface area (Å²) in [4.78, 5) is 0. The van der Waals surface area contributed by atoms with Gasteiger partial charge in [0.1, 0.15) is 23.4 Å². The van der Waals surface area contributed by atoms with E-state index < -0.39 is 37.1 Å². The molecule has 190 valence electrons. The minimum atomic E-state index is -1.32. The predicted octanol–water partition coefficient (Wildman–Crippen LogP) is 1.89. The largest absolute Gasteiger partial charge is 0.508 e. The van der Waals surface area contributed by atoms with Crippen molar-refractivity contribution >= 4 is 0 Å². The van der Waals surface area contributed by atoms with Gasteiger partial charge in [0.2, 0.25) is 5.75 Å². The van der Waals surface area contributed by atoms with Gasteiger partial charge in [-0.05, 0) is 24.3 Å². The second kappa shape index (κ2) is 8.86. The molecule has 0 saturated carbocycles. The Bertz CT molecular complexity index is 1310. The van der Waals surface area contributed by atoms with E-state index in [1.165, 1.54) is 31.4 Å². The van der Waals surface area contributed by atoms with Crippen LogP contribution in [0.25, 0.3) is 0 Å². The monoisotopic (exact) mass is 499 g/mol. The number of hydrogen-bond acceptors (Lipinski definition) is 11. The highest BCUT2D eigenvalue weighted by Crippen LogP contribution is 2.50. The molecule has 11 nitrogen and oxygen atoms in total. The van der Waals surface area contributed by atoms with Crippen LogP contribution in [-0.2, 0) is 0 Å². The third-order valence-corrected chi connectivity index (χ3v) is 6.33. The van der Waals surface area contributed by atoms with Gasteiger partial charge in [0.05, 0.1) is 25.3 Å². The first-order valence-electron chi connectivity index (χ1n) is 11.1. The summed E-state index contributed by atoms with van der Waals surface area (Å²) in [7, 11) is 1.40. The van der Waals surface area contributed by atoms with E-state index in [1.807, 2.05) is 0 Å². The number of ether oxygens (including phenoxy) is 4. The van der Waals surface area contributed by atoms with Crippen LogP contribution in [0.5, 0.6) is 46.0 Å². The number of fused-ring (bicyclic) bond motifs is 2. The number of hydrogen-bond donors (Lipinski definition) is 7. The molecular formula is C25H25NO10. The normalized spacial score (nSPS) is 24.5. The molecule has 0 amide bonds. The summed E-state index contributed by atoms with van der Waals surface area (Å²) in [5, 5.41) is 61.4. The summed E-state index contributed by atoms with van der Waals surface area (Å²) in [6.07, 6.45) is -4.12. The minimum Gasteiger partial charge on any atom is -0.508 e. The lowest BCUT2D eigenvalue weighted by molar-refractivity contribution is -0.0161. The first-order valence-corrected chi connectivity index (χ1v) is 11.1. The van der Waals surface area contributed by atoms with Crippen molar-refractivity contribution < 1.29 is 49.6 Å². The summed E-state index contributed by atoms with van der Waals surface area (Å²) in [6, 6.07) is 8.69. The molecule has 3 aromatic carbocycles. The standard InChI is InChI=1S/C25H25NO10/c1-33-16-5-10(2-3-13(16)29)23-19(9-27)36-25-15(31)4-11(6-18(25)35-23)24-22(32)21(26)20-14(30)7-12(28)8-17(20)34-24/h2-8,19,21-24,27-32H,9,26H2,1H3/t19-,21?,22+,23-,24-/m1/s1. The molecule has 3 aromatic rings. The molecule has 11 heteroatoms. The fourth-order valence-corrected chi connectivity index (χ4v) is 4.55. The van der Waals surface area contributed by atoms with E-state index in [2.05, 4.69) is 0 Å². The molecule has 0 spiro atoms. The molecule has 0 aromatic heterocycles. The first-order chi connectivity index (χ1) is 17.2. The van der Waals surface area contributed by atoms with Crippen molar-refractivity contribution in [2.75, 3.05) is 13.7 Å². The zero-order chi connectivity index (χ0) is 25.7. The van der Waals surface area contributed by atoms with Crippen LogP contribution >= 0.6 is 0 Å². The zero-order valence-electron chi connectivity index (χ0n) is 19.0. The maximum absolute atomic E-state index is 10.9. The fraction of sp³-hybridized carbons (Fsp3) is 0.280. The molecule has 36 heavy (non-hydrogen) atoms. The molecule has 2 aliphatic heterocycles. The predicted molar refractivity (Wildman–Crippen MR) is 124 cm³/mol. The van der Waals surface area contributed by atoms with Gasteiger partial charge in [0.25, 0.3) is 0 Å². The van der Waals surface area contributed by atoms with Gasteiger partial charge in [-0.15, -0.1) is 0 Å². The number of methoxy groups -OCH3 is 1. The van der Waals surface area contributed by atoms with Crippen molar-refractivity contribution in [2.45, 2.75) is 30.5 Å². The quantitative estimate of drug-likeness (QED) is 0.278. The van der Waals surface area contributed by atoms with Crippen LogP contribution in [0.1, 0.15) is 34.9 Å². The minimum absolute atomic E-state index is 0.00919. The SMILES string of the molecule is COc1cc([C@H]2Oc3cc([C@H]4Oc5cc(O)cc(O)c5C(N)[C@@H]4O)cc(O)c3O[C@@H]2CO)ccc1O. The van der Waals surface area contributed by atoms with Gasteiger partial charge in [-0.1, -0.05) is 6.07 Å². The Kier molecular flexibility index (Phi) is 5.83. The van der Waals surface area contributed by atoms with Crippen LogP contribution in [0.2, 0.25) is 0 Å². The Hall–Kier alpha value is -4.06.